The van der Waals surface area contributed by atoms with Gasteiger partial charge in [0, 0.05) is 11.6 Å². The monoisotopic (exact) mass is 289 g/mol. The number of carboxylic acid groups (broad SMARTS) is 1. The normalized spacial score (nSPS) is 19.6. The first kappa shape index (κ1) is 15.3. The van der Waals surface area contributed by atoms with Gasteiger partial charge in [0.05, 0.1) is 5.56 Å². The van der Waals surface area contributed by atoms with E-state index in [2.05, 4.69) is 11.9 Å². The Morgan fingerprint density at radius 3 is 2.83 bits per heavy atom. The Bertz CT molecular complexity index is 437. The van der Waals surface area contributed by atoms with Crippen LogP contribution in [0.1, 0.15) is 22.3 Å². The minimum Gasteiger partial charge on any atom is -0.478 e. The number of aromatic carboxylic acids is 1. The molecule has 1 unspecified atom stereocenters. The van der Waals surface area contributed by atoms with Crippen molar-refractivity contribution in [3.63, 3.8) is 0 Å². The van der Waals surface area contributed by atoms with Crippen molar-refractivity contribution >= 4 is 30.0 Å². The lowest BCUT2D eigenvalue weighted by molar-refractivity contribution is 0.0695. The van der Waals surface area contributed by atoms with Gasteiger partial charge in [-0.1, -0.05) is 11.6 Å². The second kappa shape index (κ2) is 6.41. The van der Waals surface area contributed by atoms with Crippen molar-refractivity contribution in [3.8, 4) is 0 Å². The molecule has 0 amide bonds. The lowest BCUT2D eigenvalue weighted by Crippen LogP contribution is -2.15. The molecule has 1 aromatic rings. The van der Waals surface area contributed by atoms with Crippen molar-refractivity contribution in [1.29, 1.82) is 0 Å². The molecule has 1 aromatic carbocycles. The molecule has 0 saturated carbocycles. The van der Waals surface area contributed by atoms with E-state index in [4.69, 9.17) is 16.7 Å². The van der Waals surface area contributed by atoms with Crippen molar-refractivity contribution in [2.24, 2.45) is 5.92 Å². The molecule has 1 heterocycles. The van der Waals surface area contributed by atoms with E-state index >= 15 is 0 Å². The highest BCUT2D eigenvalue weighted by Gasteiger charge is 2.22. The number of carboxylic acids is 1. The highest BCUT2D eigenvalue weighted by atomic mass is 35.5. The Morgan fingerprint density at radius 1 is 1.56 bits per heavy atom. The molecule has 1 aliphatic heterocycles. The summed E-state index contributed by atoms with van der Waals surface area (Å²) in [6, 6.07) is 5.01. The fourth-order valence-corrected chi connectivity index (χ4v) is 2.64. The van der Waals surface area contributed by atoms with Gasteiger partial charge in [0.1, 0.15) is 0 Å². The molecule has 18 heavy (non-hydrogen) atoms. The maximum absolute atomic E-state index is 11.1. The molecule has 0 radical (unpaired) electrons. The third-order valence-corrected chi connectivity index (χ3v) is 3.53. The zero-order valence-electron chi connectivity index (χ0n) is 10.2. The Morgan fingerprint density at radius 2 is 2.28 bits per heavy atom. The average Bonchev–Trinajstić information content (AvgIpc) is 2.63. The van der Waals surface area contributed by atoms with Gasteiger partial charge in [-0.15, -0.1) is 12.4 Å². The van der Waals surface area contributed by atoms with Gasteiger partial charge in [-0.25, -0.2) is 4.79 Å². The van der Waals surface area contributed by atoms with E-state index in [1.54, 1.807) is 18.2 Å². The average molecular weight is 290 g/mol. The number of nitrogens with zero attached hydrogens (tertiary/aromatic N) is 1. The van der Waals surface area contributed by atoms with Gasteiger partial charge in [0.15, 0.2) is 0 Å². The van der Waals surface area contributed by atoms with E-state index in [0.29, 0.717) is 16.5 Å². The maximum atomic E-state index is 11.1. The molecule has 1 saturated heterocycles. The van der Waals surface area contributed by atoms with Gasteiger partial charge >= 0.3 is 5.97 Å². The Hall–Kier alpha value is -0.770. The molecule has 1 fully saturated rings. The van der Waals surface area contributed by atoms with Crippen LogP contribution in [0, 0.1) is 5.92 Å². The summed E-state index contributed by atoms with van der Waals surface area (Å²) in [4.78, 5) is 13.4. The summed E-state index contributed by atoms with van der Waals surface area (Å²) in [5.74, 6) is -0.334. The molecule has 100 valence electrons. The molecule has 5 heteroatoms. The first-order valence-corrected chi connectivity index (χ1v) is 6.14. The van der Waals surface area contributed by atoms with E-state index in [1.165, 1.54) is 0 Å². The standard InChI is InChI=1S/C13H16ClNO2.ClH/c1-15-5-4-9(8-15)6-10-7-11(14)2-3-12(10)13(16)17;/h2-3,7,9H,4-6,8H2,1H3,(H,16,17);1H. The van der Waals surface area contributed by atoms with Crippen molar-refractivity contribution in [3.05, 3.63) is 34.3 Å². The van der Waals surface area contributed by atoms with Gasteiger partial charge in [-0.2, -0.15) is 0 Å². The first-order valence-electron chi connectivity index (χ1n) is 5.76. The Labute approximate surface area is 118 Å². The van der Waals surface area contributed by atoms with Crippen molar-refractivity contribution < 1.29 is 9.90 Å². The Balaban J connectivity index is 0.00000162. The maximum Gasteiger partial charge on any atom is 0.335 e. The van der Waals surface area contributed by atoms with Crippen LogP contribution >= 0.6 is 24.0 Å². The number of likely N-dealkylation sites (tertiary alicyclic amines) is 1. The molecular formula is C13H17Cl2NO2. The highest BCUT2D eigenvalue weighted by molar-refractivity contribution is 6.30. The number of halogens is 2. The van der Waals surface area contributed by atoms with Gasteiger partial charge < -0.3 is 10.0 Å². The van der Waals surface area contributed by atoms with Crippen molar-refractivity contribution in [2.75, 3.05) is 20.1 Å². The molecule has 0 aromatic heterocycles. The lowest BCUT2D eigenvalue weighted by atomic mass is 9.95. The largest absolute Gasteiger partial charge is 0.478 e. The molecule has 3 nitrogen and oxygen atoms in total. The summed E-state index contributed by atoms with van der Waals surface area (Å²) in [6.45, 7) is 2.12. The second-order valence-corrected chi connectivity index (χ2v) is 5.16. The fourth-order valence-electron chi connectivity index (χ4n) is 2.44. The molecule has 1 atom stereocenters. The van der Waals surface area contributed by atoms with Gasteiger partial charge in [-0.05, 0) is 56.1 Å². The zero-order chi connectivity index (χ0) is 12.4. The van der Waals surface area contributed by atoms with Crippen LogP contribution in [-0.2, 0) is 6.42 Å². The van der Waals surface area contributed by atoms with Crippen LogP contribution in [0.4, 0.5) is 0 Å². The van der Waals surface area contributed by atoms with E-state index in [1.807, 2.05) is 0 Å². The highest BCUT2D eigenvalue weighted by Crippen LogP contribution is 2.24. The van der Waals surface area contributed by atoms with Crippen LogP contribution in [-0.4, -0.2) is 36.1 Å². The van der Waals surface area contributed by atoms with Gasteiger partial charge in [0.2, 0.25) is 0 Å². The van der Waals surface area contributed by atoms with E-state index < -0.39 is 5.97 Å². The number of benzene rings is 1. The van der Waals surface area contributed by atoms with Crippen LogP contribution in [0.15, 0.2) is 18.2 Å². The SMILES string of the molecule is CN1CCC(Cc2cc(Cl)ccc2C(=O)O)C1.Cl. The number of hydrogen-bond acceptors (Lipinski definition) is 2. The first-order chi connectivity index (χ1) is 8.06. The summed E-state index contributed by atoms with van der Waals surface area (Å²) < 4.78 is 0. The van der Waals surface area contributed by atoms with Crippen LogP contribution < -0.4 is 0 Å². The van der Waals surface area contributed by atoms with E-state index in [0.717, 1.165) is 31.5 Å². The molecule has 2 rings (SSSR count). The van der Waals surface area contributed by atoms with E-state index in [9.17, 15) is 4.79 Å². The summed E-state index contributed by atoms with van der Waals surface area (Å²) in [6.07, 6.45) is 1.93. The van der Waals surface area contributed by atoms with E-state index in [-0.39, 0.29) is 12.4 Å². The van der Waals surface area contributed by atoms with Gasteiger partial charge in [0.25, 0.3) is 0 Å². The predicted molar refractivity (Wildman–Crippen MR) is 75.0 cm³/mol. The Kier molecular flexibility index (Phi) is 5.45. The predicted octanol–water partition coefficient (Wildman–Crippen LogP) is 2.95. The minimum atomic E-state index is -0.872. The summed E-state index contributed by atoms with van der Waals surface area (Å²) >= 11 is 5.93. The number of rotatable bonds is 3. The van der Waals surface area contributed by atoms with Crippen LogP contribution in [0.2, 0.25) is 5.02 Å². The second-order valence-electron chi connectivity index (χ2n) is 4.73. The lowest BCUT2D eigenvalue weighted by Gasteiger charge is -2.12. The van der Waals surface area contributed by atoms with Crippen molar-refractivity contribution in [2.45, 2.75) is 12.8 Å². The van der Waals surface area contributed by atoms with Crippen LogP contribution in [0.3, 0.4) is 0 Å². The smallest absolute Gasteiger partial charge is 0.335 e. The minimum absolute atomic E-state index is 0. The quantitative estimate of drug-likeness (QED) is 0.930. The molecule has 1 N–H and O–H groups in total. The number of carbonyl (C=O) groups is 1. The summed E-state index contributed by atoms with van der Waals surface area (Å²) in [5.41, 5.74) is 1.23. The van der Waals surface area contributed by atoms with Gasteiger partial charge in [-0.3, -0.25) is 0 Å². The summed E-state index contributed by atoms with van der Waals surface area (Å²) in [5, 5.41) is 9.74. The zero-order valence-corrected chi connectivity index (χ0v) is 11.8. The topological polar surface area (TPSA) is 40.5 Å². The van der Waals surface area contributed by atoms with Crippen LogP contribution in [0.25, 0.3) is 0 Å². The molecule has 0 spiro atoms. The third-order valence-electron chi connectivity index (χ3n) is 3.30. The molecule has 0 aliphatic carbocycles. The van der Waals surface area contributed by atoms with Crippen molar-refractivity contribution in [1.82, 2.24) is 4.90 Å². The number of hydrogen-bond donors (Lipinski definition) is 1. The van der Waals surface area contributed by atoms with Crippen LogP contribution in [0.5, 0.6) is 0 Å². The fraction of sp³-hybridized carbons (Fsp3) is 0.462. The third kappa shape index (κ3) is 3.61. The molecule has 1 aliphatic rings. The summed E-state index contributed by atoms with van der Waals surface area (Å²) in [7, 11) is 2.09. The molecule has 0 bridgehead atoms. The molecular weight excluding hydrogens is 273 g/mol.